The van der Waals surface area contributed by atoms with Crippen LogP contribution in [0.3, 0.4) is 0 Å². The van der Waals surface area contributed by atoms with Gasteiger partial charge in [-0.3, -0.25) is 4.79 Å². The third kappa shape index (κ3) is 6.09. The molecule has 0 unspecified atom stereocenters. The highest BCUT2D eigenvalue weighted by molar-refractivity contribution is 5.78. The molecule has 1 amide bonds. The first-order chi connectivity index (χ1) is 8.22. The molecule has 0 aliphatic heterocycles. The van der Waals surface area contributed by atoms with Crippen molar-refractivity contribution in [3.63, 3.8) is 0 Å². The number of rotatable bonds is 1. The highest BCUT2D eigenvalue weighted by Gasteiger charge is 2.21. The molecule has 0 aromatic heterocycles. The monoisotopic (exact) mass is 239 g/mol. The zero-order valence-corrected chi connectivity index (χ0v) is 11.7. The van der Waals surface area contributed by atoms with Crippen molar-refractivity contribution in [3.05, 3.63) is 0 Å². The third-order valence-electron chi connectivity index (χ3n) is 3.90. The van der Waals surface area contributed by atoms with Crippen molar-refractivity contribution in [1.29, 1.82) is 0 Å². The van der Waals surface area contributed by atoms with E-state index >= 15 is 0 Å². The molecule has 0 radical (unpaired) electrons. The summed E-state index contributed by atoms with van der Waals surface area (Å²) in [5.41, 5.74) is 0. The molecule has 2 fully saturated rings. The first kappa shape index (κ1) is 14.5. The average Bonchev–Trinajstić information content (AvgIpc) is 2.41. The maximum Gasteiger partial charge on any atom is 0.225 e. The van der Waals surface area contributed by atoms with Gasteiger partial charge in [-0.25, -0.2) is 0 Å². The highest BCUT2D eigenvalue weighted by Crippen LogP contribution is 2.24. The summed E-state index contributed by atoms with van der Waals surface area (Å²) in [7, 11) is 3.69. The van der Waals surface area contributed by atoms with Gasteiger partial charge in [0.15, 0.2) is 0 Å². The lowest BCUT2D eigenvalue weighted by atomic mass is 9.88. The van der Waals surface area contributed by atoms with E-state index in [9.17, 15) is 4.79 Å². The Labute approximate surface area is 107 Å². The smallest absolute Gasteiger partial charge is 0.225 e. The number of carbonyl (C=O) groups excluding carboxylic acids is 1. The first-order valence-electron chi connectivity index (χ1n) is 7.43. The summed E-state index contributed by atoms with van der Waals surface area (Å²) in [5.74, 6) is 0.656. The SMILES string of the molecule is C1CCCCC1.CN(C)C(=O)C1CCCCC1. The van der Waals surface area contributed by atoms with Gasteiger partial charge < -0.3 is 4.90 Å². The van der Waals surface area contributed by atoms with Gasteiger partial charge in [0.05, 0.1) is 0 Å². The second kappa shape index (κ2) is 8.54. The van der Waals surface area contributed by atoms with E-state index in [4.69, 9.17) is 0 Å². The molecule has 2 aliphatic carbocycles. The Morgan fingerprint density at radius 2 is 1.12 bits per heavy atom. The van der Waals surface area contributed by atoms with Crippen molar-refractivity contribution in [2.45, 2.75) is 70.6 Å². The Balaban J connectivity index is 0.000000202. The second-order valence-corrected chi connectivity index (χ2v) is 5.69. The molecule has 0 heterocycles. The van der Waals surface area contributed by atoms with Crippen LogP contribution in [0.15, 0.2) is 0 Å². The van der Waals surface area contributed by atoms with Crippen LogP contribution in [0, 0.1) is 5.92 Å². The van der Waals surface area contributed by atoms with Crippen LogP contribution in [0.4, 0.5) is 0 Å². The van der Waals surface area contributed by atoms with Gasteiger partial charge in [-0.05, 0) is 12.8 Å². The van der Waals surface area contributed by atoms with E-state index in [1.165, 1.54) is 57.8 Å². The van der Waals surface area contributed by atoms with Crippen LogP contribution in [-0.4, -0.2) is 24.9 Å². The Morgan fingerprint density at radius 1 is 0.765 bits per heavy atom. The first-order valence-corrected chi connectivity index (χ1v) is 7.43. The summed E-state index contributed by atoms with van der Waals surface area (Å²) in [4.78, 5) is 13.1. The van der Waals surface area contributed by atoms with Crippen molar-refractivity contribution in [2.75, 3.05) is 14.1 Å². The zero-order chi connectivity index (χ0) is 12.5. The molecule has 2 nitrogen and oxygen atoms in total. The maximum atomic E-state index is 11.4. The van der Waals surface area contributed by atoms with Crippen molar-refractivity contribution < 1.29 is 4.79 Å². The zero-order valence-electron chi connectivity index (χ0n) is 11.7. The Bertz CT molecular complexity index is 191. The molecular weight excluding hydrogens is 210 g/mol. The van der Waals surface area contributed by atoms with Crippen LogP contribution < -0.4 is 0 Å². The van der Waals surface area contributed by atoms with Gasteiger partial charge in [0.25, 0.3) is 0 Å². The molecule has 2 heteroatoms. The Kier molecular flexibility index (Phi) is 7.30. The molecule has 0 atom stereocenters. The molecule has 0 aromatic rings. The summed E-state index contributed by atoms with van der Waals surface area (Å²) in [6.45, 7) is 0. The van der Waals surface area contributed by atoms with Gasteiger partial charge in [-0.2, -0.15) is 0 Å². The molecule has 0 bridgehead atoms. The lowest BCUT2D eigenvalue weighted by Gasteiger charge is -2.23. The van der Waals surface area contributed by atoms with Crippen LogP contribution in [0.1, 0.15) is 70.6 Å². The van der Waals surface area contributed by atoms with Gasteiger partial charge in [-0.1, -0.05) is 57.8 Å². The van der Waals surface area contributed by atoms with Crippen molar-refractivity contribution >= 4 is 5.91 Å². The van der Waals surface area contributed by atoms with Gasteiger partial charge in [-0.15, -0.1) is 0 Å². The average molecular weight is 239 g/mol. The number of hydrogen-bond acceptors (Lipinski definition) is 1. The molecule has 2 aliphatic rings. The van der Waals surface area contributed by atoms with E-state index in [1.54, 1.807) is 4.90 Å². The van der Waals surface area contributed by atoms with Crippen LogP contribution in [0.25, 0.3) is 0 Å². The molecular formula is C15H29NO. The van der Waals surface area contributed by atoms with Gasteiger partial charge in [0, 0.05) is 20.0 Å². The summed E-state index contributed by atoms with van der Waals surface area (Å²) in [6, 6.07) is 0. The normalized spacial score (nSPS) is 21.3. The fourth-order valence-electron chi connectivity index (χ4n) is 2.78. The van der Waals surface area contributed by atoms with Crippen molar-refractivity contribution in [3.8, 4) is 0 Å². The van der Waals surface area contributed by atoms with Gasteiger partial charge in [0.1, 0.15) is 0 Å². The quantitative estimate of drug-likeness (QED) is 0.677. The summed E-state index contributed by atoms with van der Waals surface area (Å²) in [5, 5.41) is 0. The molecule has 17 heavy (non-hydrogen) atoms. The van der Waals surface area contributed by atoms with Crippen LogP contribution >= 0.6 is 0 Å². The number of nitrogens with zero attached hydrogens (tertiary/aromatic N) is 1. The maximum absolute atomic E-state index is 11.4. The standard InChI is InChI=1S/C9H17NO.C6H12/c1-10(2)9(11)8-6-4-3-5-7-8;1-2-4-6-5-3-1/h8H,3-7H2,1-2H3;1-6H2. The fraction of sp³-hybridized carbons (Fsp3) is 0.933. The van der Waals surface area contributed by atoms with E-state index in [0.717, 1.165) is 12.8 Å². The minimum atomic E-state index is 0.324. The van der Waals surface area contributed by atoms with E-state index in [0.29, 0.717) is 11.8 Å². The van der Waals surface area contributed by atoms with Crippen molar-refractivity contribution in [2.24, 2.45) is 5.92 Å². The Morgan fingerprint density at radius 3 is 1.47 bits per heavy atom. The van der Waals surface area contributed by atoms with Crippen molar-refractivity contribution in [1.82, 2.24) is 4.90 Å². The van der Waals surface area contributed by atoms with E-state index in [1.807, 2.05) is 14.1 Å². The summed E-state index contributed by atoms with van der Waals surface area (Å²) >= 11 is 0. The van der Waals surface area contributed by atoms with E-state index in [-0.39, 0.29) is 0 Å². The summed E-state index contributed by atoms with van der Waals surface area (Å²) in [6.07, 6.45) is 15.0. The fourth-order valence-corrected chi connectivity index (χ4v) is 2.78. The van der Waals surface area contributed by atoms with Crippen LogP contribution in [-0.2, 0) is 4.79 Å². The Hall–Kier alpha value is -0.530. The lowest BCUT2D eigenvalue weighted by molar-refractivity contribution is -0.133. The minimum absolute atomic E-state index is 0.324. The largest absolute Gasteiger partial charge is 0.349 e. The van der Waals surface area contributed by atoms with E-state index < -0.39 is 0 Å². The topological polar surface area (TPSA) is 20.3 Å². The lowest BCUT2D eigenvalue weighted by Crippen LogP contribution is -2.30. The number of amides is 1. The molecule has 2 rings (SSSR count). The second-order valence-electron chi connectivity index (χ2n) is 5.69. The van der Waals surface area contributed by atoms with E-state index in [2.05, 4.69) is 0 Å². The molecule has 100 valence electrons. The molecule has 0 saturated heterocycles. The van der Waals surface area contributed by atoms with Gasteiger partial charge >= 0.3 is 0 Å². The molecule has 0 aromatic carbocycles. The summed E-state index contributed by atoms with van der Waals surface area (Å²) < 4.78 is 0. The number of hydrogen-bond donors (Lipinski definition) is 0. The van der Waals surface area contributed by atoms with Crippen LogP contribution in [0.2, 0.25) is 0 Å². The van der Waals surface area contributed by atoms with Gasteiger partial charge in [0.2, 0.25) is 5.91 Å². The minimum Gasteiger partial charge on any atom is -0.349 e. The molecule has 0 spiro atoms. The third-order valence-corrected chi connectivity index (χ3v) is 3.90. The predicted octanol–water partition coefficient (Wildman–Crippen LogP) is 4.00. The van der Waals surface area contributed by atoms with Crippen LogP contribution in [0.5, 0.6) is 0 Å². The molecule has 2 saturated carbocycles. The highest BCUT2D eigenvalue weighted by atomic mass is 16.2. The molecule has 0 N–H and O–H groups in total. The predicted molar refractivity (Wildman–Crippen MR) is 73.0 cm³/mol. The number of carbonyl (C=O) groups is 1.